The molecule has 4 rings (SSSR count). The summed E-state index contributed by atoms with van der Waals surface area (Å²) in [5.74, 6) is -2.64. The zero-order valence-electron chi connectivity index (χ0n) is 16.7. The molecule has 0 saturated carbocycles. The zero-order chi connectivity index (χ0) is 23.7. The molecule has 0 bridgehead atoms. The van der Waals surface area contributed by atoms with Gasteiger partial charge in [-0.15, -0.1) is 0 Å². The molecule has 0 unspecified atom stereocenters. The minimum Gasteiger partial charge on any atom is -0.454 e. The number of esters is 1. The van der Waals surface area contributed by atoms with Crippen LogP contribution >= 0.6 is 11.6 Å². The number of rotatable bonds is 6. The quantitative estimate of drug-likeness (QED) is 0.177. The fraction of sp³-hybridized carbons (Fsp3) is 0.0435. The number of non-ortho nitro benzene ring substituents is 1. The summed E-state index contributed by atoms with van der Waals surface area (Å²) in [6, 6.07) is 15.1. The number of ketones is 1. The normalized spacial score (nSPS) is 12.5. The van der Waals surface area contributed by atoms with Crippen molar-refractivity contribution in [2.24, 2.45) is 0 Å². The van der Waals surface area contributed by atoms with Gasteiger partial charge in [-0.25, -0.2) is 9.69 Å². The molecule has 0 atom stereocenters. The summed E-state index contributed by atoms with van der Waals surface area (Å²) in [5.41, 5.74) is 0.287. The first kappa shape index (κ1) is 21.8. The number of hydrogen-bond donors (Lipinski definition) is 0. The highest BCUT2D eigenvalue weighted by Gasteiger charge is 2.38. The summed E-state index contributed by atoms with van der Waals surface area (Å²) in [4.78, 5) is 61.2. The Morgan fingerprint density at radius 2 is 1.55 bits per heavy atom. The molecule has 1 aliphatic heterocycles. The predicted octanol–water partition coefficient (Wildman–Crippen LogP) is 4.09. The maximum absolute atomic E-state index is 12.9. The highest BCUT2D eigenvalue weighted by atomic mass is 35.5. The van der Waals surface area contributed by atoms with E-state index in [4.69, 9.17) is 16.3 Å². The smallest absolute Gasteiger partial charge is 0.338 e. The summed E-state index contributed by atoms with van der Waals surface area (Å²) in [6.07, 6.45) is 0. The first-order valence-electron chi connectivity index (χ1n) is 9.50. The average molecular weight is 465 g/mol. The third-order valence-electron chi connectivity index (χ3n) is 4.95. The van der Waals surface area contributed by atoms with Gasteiger partial charge in [0.2, 0.25) is 0 Å². The van der Waals surface area contributed by atoms with E-state index >= 15 is 0 Å². The van der Waals surface area contributed by atoms with Crippen LogP contribution in [0.3, 0.4) is 0 Å². The number of anilines is 1. The van der Waals surface area contributed by atoms with E-state index in [2.05, 4.69) is 0 Å². The standard InChI is InChI=1S/C23H13ClN2O7/c24-18-3-1-2-4-19(18)25-21(28)16-10-7-14(11-17(16)22(25)29)23(30)33-12-20(27)13-5-8-15(9-6-13)26(31)32/h1-11H,12H2. The van der Waals surface area contributed by atoms with Crippen molar-refractivity contribution in [2.45, 2.75) is 0 Å². The van der Waals surface area contributed by atoms with Gasteiger partial charge in [-0.2, -0.15) is 0 Å². The number of hydrogen-bond acceptors (Lipinski definition) is 7. The number of benzene rings is 3. The third kappa shape index (κ3) is 4.09. The second-order valence-electron chi connectivity index (χ2n) is 6.96. The Labute approximate surface area is 191 Å². The number of ether oxygens (including phenoxy) is 1. The van der Waals surface area contributed by atoms with Crippen LogP contribution in [-0.4, -0.2) is 35.1 Å². The molecule has 0 aromatic heterocycles. The van der Waals surface area contributed by atoms with Gasteiger partial charge in [0.05, 0.1) is 32.3 Å². The Balaban J connectivity index is 1.48. The molecule has 0 saturated heterocycles. The Bertz CT molecular complexity index is 1330. The van der Waals surface area contributed by atoms with Crippen molar-refractivity contribution < 1.29 is 28.8 Å². The van der Waals surface area contributed by atoms with Crippen molar-refractivity contribution in [1.29, 1.82) is 0 Å². The lowest BCUT2D eigenvalue weighted by molar-refractivity contribution is -0.384. The van der Waals surface area contributed by atoms with Gasteiger partial charge in [0, 0.05) is 17.7 Å². The number of nitrogens with zero attached hydrogens (tertiary/aromatic N) is 2. The first-order chi connectivity index (χ1) is 15.8. The van der Waals surface area contributed by atoms with Gasteiger partial charge in [-0.1, -0.05) is 23.7 Å². The Morgan fingerprint density at radius 1 is 0.909 bits per heavy atom. The first-order valence-corrected chi connectivity index (χ1v) is 9.88. The number of amides is 2. The molecular weight excluding hydrogens is 452 g/mol. The van der Waals surface area contributed by atoms with Crippen LogP contribution in [-0.2, 0) is 4.74 Å². The third-order valence-corrected chi connectivity index (χ3v) is 5.27. The molecule has 0 radical (unpaired) electrons. The molecule has 1 heterocycles. The Morgan fingerprint density at radius 3 is 2.21 bits per heavy atom. The lowest BCUT2D eigenvalue weighted by atomic mass is 10.1. The molecule has 0 spiro atoms. The second kappa shape index (κ2) is 8.64. The van der Waals surface area contributed by atoms with E-state index in [0.29, 0.717) is 0 Å². The molecule has 0 fully saturated rings. The van der Waals surface area contributed by atoms with E-state index in [9.17, 15) is 29.3 Å². The van der Waals surface area contributed by atoms with Crippen LogP contribution in [0, 0.1) is 10.1 Å². The number of para-hydroxylation sites is 1. The van der Waals surface area contributed by atoms with Gasteiger partial charge in [-0.3, -0.25) is 24.5 Å². The van der Waals surface area contributed by atoms with Crippen LogP contribution in [0.1, 0.15) is 41.4 Å². The molecule has 10 heteroatoms. The van der Waals surface area contributed by atoms with Gasteiger partial charge < -0.3 is 4.74 Å². The molecule has 33 heavy (non-hydrogen) atoms. The van der Waals surface area contributed by atoms with Crippen molar-refractivity contribution in [3.05, 3.63) is 104 Å². The molecule has 3 aromatic rings. The number of Topliss-reactive ketones (excluding diaryl/α,β-unsaturated/α-hetero) is 1. The van der Waals surface area contributed by atoms with Crippen LogP contribution < -0.4 is 4.90 Å². The molecule has 0 N–H and O–H groups in total. The molecule has 0 aliphatic carbocycles. The van der Waals surface area contributed by atoms with E-state index in [-0.39, 0.29) is 38.7 Å². The van der Waals surface area contributed by atoms with Crippen LogP contribution in [0.4, 0.5) is 11.4 Å². The van der Waals surface area contributed by atoms with Crippen molar-refractivity contribution >= 4 is 46.5 Å². The van der Waals surface area contributed by atoms with Crippen molar-refractivity contribution in [3.63, 3.8) is 0 Å². The van der Waals surface area contributed by atoms with E-state index < -0.39 is 35.1 Å². The molecular formula is C23H13ClN2O7. The van der Waals surface area contributed by atoms with Crippen molar-refractivity contribution in [1.82, 2.24) is 0 Å². The largest absolute Gasteiger partial charge is 0.454 e. The molecule has 3 aromatic carbocycles. The Hall–Kier alpha value is -4.37. The van der Waals surface area contributed by atoms with Crippen LogP contribution in [0.5, 0.6) is 0 Å². The molecule has 1 aliphatic rings. The minimum atomic E-state index is -0.871. The summed E-state index contributed by atoms with van der Waals surface area (Å²) < 4.78 is 5.02. The van der Waals surface area contributed by atoms with Gasteiger partial charge in [0.25, 0.3) is 17.5 Å². The number of carbonyl (C=O) groups excluding carboxylic acids is 4. The minimum absolute atomic E-state index is 0.0102. The number of imide groups is 1. The number of carbonyl (C=O) groups is 4. The van der Waals surface area contributed by atoms with Crippen LogP contribution in [0.15, 0.2) is 66.7 Å². The summed E-state index contributed by atoms with van der Waals surface area (Å²) in [5, 5.41) is 10.9. The number of halogens is 1. The highest BCUT2D eigenvalue weighted by Crippen LogP contribution is 2.33. The van der Waals surface area contributed by atoms with Crippen LogP contribution in [0.2, 0.25) is 5.02 Å². The van der Waals surface area contributed by atoms with E-state index in [0.717, 1.165) is 4.90 Å². The number of nitro benzene ring substituents is 1. The summed E-state index contributed by atoms with van der Waals surface area (Å²) in [6.45, 7) is -0.605. The highest BCUT2D eigenvalue weighted by molar-refractivity contribution is 6.39. The number of nitro groups is 1. The molecule has 164 valence electrons. The van der Waals surface area contributed by atoms with Gasteiger partial charge in [0.1, 0.15) is 0 Å². The summed E-state index contributed by atoms with van der Waals surface area (Å²) in [7, 11) is 0. The second-order valence-corrected chi connectivity index (χ2v) is 7.37. The number of fused-ring (bicyclic) bond motifs is 1. The summed E-state index contributed by atoms with van der Waals surface area (Å²) >= 11 is 6.12. The predicted molar refractivity (Wildman–Crippen MR) is 117 cm³/mol. The lowest BCUT2D eigenvalue weighted by Gasteiger charge is -2.15. The van der Waals surface area contributed by atoms with Crippen LogP contribution in [0.25, 0.3) is 0 Å². The Kier molecular flexibility index (Phi) is 5.72. The fourth-order valence-electron chi connectivity index (χ4n) is 3.29. The zero-order valence-corrected chi connectivity index (χ0v) is 17.4. The fourth-order valence-corrected chi connectivity index (χ4v) is 3.51. The van der Waals surface area contributed by atoms with E-state index in [1.807, 2.05) is 0 Å². The van der Waals surface area contributed by atoms with Gasteiger partial charge in [0.15, 0.2) is 12.4 Å². The van der Waals surface area contributed by atoms with E-state index in [1.54, 1.807) is 18.2 Å². The SMILES string of the molecule is O=C(COC(=O)c1ccc2c(c1)C(=O)N(c1ccccc1Cl)C2=O)c1ccc([N+](=O)[O-])cc1. The maximum Gasteiger partial charge on any atom is 0.338 e. The lowest BCUT2D eigenvalue weighted by Crippen LogP contribution is -2.29. The van der Waals surface area contributed by atoms with Gasteiger partial charge in [-0.05, 0) is 42.5 Å². The van der Waals surface area contributed by atoms with Crippen molar-refractivity contribution in [3.8, 4) is 0 Å². The molecule has 9 nitrogen and oxygen atoms in total. The van der Waals surface area contributed by atoms with Crippen molar-refractivity contribution in [2.75, 3.05) is 11.5 Å². The monoisotopic (exact) mass is 464 g/mol. The average Bonchev–Trinajstić information content (AvgIpc) is 3.07. The molecule has 2 amide bonds. The van der Waals surface area contributed by atoms with E-state index in [1.165, 1.54) is 48.5 Å². The maximum atomic E-state index is 12.9. The topological polar surface area (TPSA) is 124 Å². The van der Waals surface area contributed by atoms with Gasteiger partial charge >= 0.3 is 5.97 Å².